The number of aryl methyl sites for hydroxylation is 1. The molecule has 1 fully saturated rings. The van der Waals surface area contributed by atoms with Crippen molar-refractivity contribution in [1.29, 1.82) is 0 Å². The van der Waals surface area contributed by atoms with Crippen molar-refractivity contribution in [2.24, 2.45) is 16.8 Å². The van der Waals surface area contributed by atoms with E-state index in [4.69, 9.17) is 4.99 Å². The molecular weight excluding hydrogens is 490 g/mol. The zero-order valence-electron chi connectivity index (χ0n) is 21.0. The summed E-state index contributed by atoms with van der Waals surface area (Å²) in [5.41, 5.74) is 4.36. The number of imide groups is 1. The number of anilines is 1. The normalized spacial score (nSPS) is 24.5. The molecule has 0 spiro atoms. The first-order valence-corrected chi connectivity index (χ1v) is 12.9. The first kappa shape index (κ1) is 23.2. The Kier molecular flexibility index (Phi) is 4.94. The van der Waals surface area contributed by atoms with Crippen molar-refractivity contribution in [2.45, 2.75) is 18.3 Å². The van der Waals surface area contributed by atoms with Crippen molar-refractivity contribution in [3.05, 3.63) is 135 Å². The average molecular weight is 514 g/mol. The van der Waals surface area contributed by atoms with E-state index in [1.807, 2.05) is 85.9 Å². The smallest absolute Gasteiger partial charge is 0.274 e. The lowest BCUT2D eigenvalue weighted by atomic mass is 9.47. The maximum absolute atomic E-state index is 14.4. The summed E-state index contributed by atoms with van der Waals surface area (Å²) in [4.78, 5) is 46.0. The second kappa shape index (κ2) is 8.30. The molecule has 3 aliphatic carbocycles. The van der Waals surface area contributed by atoms with Gasteiger partial charge in [-0.25, -0.2) is 4.90 Å². The largest absolute Gasteiger partial charge is 0.293 e. The van der Waals surface area contributed by atoms with Crippen LogP contribution in [0.15, 0.2) is 102 Å². The summed E-state index contributed by atoms with van der Waals surface area (Å²) in [5, 5.41) is 11.9. The van der Waals surface area contributed by atoms with Crippen molar-refractivity contribution in [3.63, 3.8) is 0 Å². The van der Waals surface area contributed by atoms with Crippen LogP contribution < -0.4 is 4.90 Å². The van der Waals surface area contributed by atoms with E-state index < -0.39 is 34.0 Å². The van der Waals surface area contributed by atoms with Crippen LogP contribution in [0.1, 0.15) is 33.7 Å². The first-order valence-electron chi connectivity index (χ1n) is 12.9. The zero-order chi connectivity index (χ0) is 26.9. The van der Waals surface area contributed by atoms with Gasteiger partial charge in [0.2, 0.25) is 11.8 Å². The molecule has 2 atom stereocenters. The van der Waals surface area contributed by atoms with Crippen LogP contribution in [0, 0.1) is 28.9 Å². The van der Waals surface area contributed by atoms with Crippen molar-refractivity contribution in [3.8, 4) is 0 Å². The molecule has 0 unspecified atom stereocenters. The molecule has 4 aromatic carbocycles. The Hall–Kier alpha value is -4.91. The maximum Gasteiger partial charge on any atom is 0.293 e. The summed E-state index contributed by atoms with van der Waals surface area (Å²) < 4.78 is 0. The monoisotopic (exact) mass is 513 g/mol. The third kappa shape index (κ3) is 3.07. The summed E-state index contributed by atoms with van der Waals surface area (Å²) in [6.45, 7) is 1.99. The number of nitro groups is 1. The molecule has 4 aliphatic rings. The summed E-state index contributed by atoms with van der Waals surface area (Å²) in [6.07, 6.45) is 1.83. The van der Waals surface area contributed by atoms with E-state index in [1.165, 1.54) is 18.2 Å². The lowest BCUT2D eigenvalue weighted by Gasteiger charge is -2.52. The highest BCUT2D eigenvalue weighted by atomic mass is 16.6. The highest BCUT2D eigenvalue weighted by molar-refractivity contribution is 6.25. The van der Waals surface area contributed by atoms with Crippen molar-refractivity contribution >= 4 is 35.1 Å². The van der Waals surface area contributed by atoms with Crippen molar-refractivity contribution in [1.82, 2.24) is 0 Å². The molecule has 39 heavy (non-hydrogen) atoms. The number of amides is 2. The van der Waals surface area contributed by atoms with Crippen LogP contribution in [-0.2, 0) is 15.0 Å². The lowest BCUT2D eigenvalue weighted by Crippen LogP contribution is -2.54. The summed E-state index contributed by atoms with van der Waals surface area (Å²) in [6, 6.07) is 29.6. The van der Waals surface area contributed by atoms with E-state index in [2.05, 4.69) is 0 Å². The molecule has 1 aliphatic heterocycles. The lowest BCUT2D eigenvalue weighted by molar-refractivity contribution is -0.384. The van der Waals surface area contributed by atoms with Gasteiger partial charge in [0, 0.05) is 18.2 Å². The van der Waals surface area contributed by atoms with Crippen molar-refractivity contribution < 1.29 is 14.5 Å². The number of aliphatic imine (C=N–C) groups is 1. The number of para-hydroxylation sites is 2. The number of benzene rings is 4. The van der Waals surface area contributed by atoms with Gasteiger partial charge in [-0.3, -0.25) is 24.7 Å². The number of nitrogens with zero attached hydrogens (tertiary/aromatic N) is 3. The van der Waals surface area contributed by atoms with Crippen LogP contribution in [0.3, 0.4) is 0 Å². The highest BCUT2D eigenvalue weighted by Crippen LogP contribution is 2.64. The Bertz CT molecular complexity index is 1700. The van der Waals surface area contributed by atoms with E-state index in [0.717, 1.165) is 38.4 Å². The van der Waals surface area contributed by atoms with E-state index in [9.17, 15) is 19.7 Å². The molecular formula is C32H23N3O4. The van der Waals surface area contributed by atoms with Gasteiger partial charge in [0.25, 0.3) is 5.69 Å². The van der Waals surface area contributed by atoms with Crippen LogP contribution in [0.25, 0.3) is 0 Å². The fourth-order valence-corrected chi connectivity index (χ4v) is 6.98. The van der Waals surface area contributed by atoms with Gasteiger partial charge in [-0.05, 0) is 52.9 Å². The minimum Gasteiger partial charge on any atom is -0.274 e. The van der Waals surface area contributed by atoms with Gasteiger partial charge in [-0.15, -0.1) is 0 Å². The van der Waals surface area contributed by atoms with Gasteiger partial charge >= 0.3 is 0 Å². The Morgan fingerprint density at radius 3 is 2.15 bits per heavy atom. The topological polar surface area (TPSA) is 92.9 Å². The van der Waals surface area contributed by atoms with E-state index >= 15 is 0 Å². The number of nitro benzene ring substituents is 1. The van der Waals surface area contributed by atoms with E-state index in [-0.39, 0.29) is 17.3 Å². The molecule has 190 valence electrons. The van der Waals surface area contributed by atoms with Crippen LogP contribution in [0.5, 0.6) is 0 Å². The van der Waals surface area contributed by atoms with Crippen LogP contribution in [0.4, 0.5) is 17.1 Å². The molecule has 2 bridgehead atoms. The quantitative estimate of drug-likeness (QED) is 0.148. The van der Waals surface area contributed by atoms with Gasteiger partial charge < -0.3 is 0 Å². The molecule has 1 heterocycles. The van der Waals surface area contributed by atoms with Gasteiger partial charge in [0.05, 0.1) is 27.9 Å². The molecule has 4 aromatic rings. The van der Waals surface area contributed by atoms with E-state index in [1.54, 1.807) is 6.07 Å². The number of carbonyl (C=O) groups excluding carboxylic acids is 2. The Morgan fingerprint density at radius 1 is 0.846 bits per heavy atom. The Balaban J connectivity index is 1.51. The SMILES string of the molecule is Cc1cccc(N=CC23c4ccccc4C(c4ccccc42)[C@@H]2C(=O)N(c4ccccc4[N+](=O)[O-])C(=O)[C@@H]23)c1. The summed E-state index contributed by atoms with van der Waals surface area (Å²) in [7, 11) is 0. The molecule has 0 aromatic heterocycles. The Morgan fingerprint density at radius 2 is 1.49 bits per heavy atom. The minimum absolute atomic E-state index is 0.00480. The third-order valence-electron chi connectivity index (χ3n) is 8.42. The maximum atomic E-state index is 14.4. The standard InChI is InChI=1S/C32H23N3O4/c1-19-9-8-10-20(17-19)33-18-32-23-13-4-2-11-21(23)27(22-12-3-5-14-24(22)32)28-29(32)31(37)34(30(28)36)25-15-6-7-16-26(25)35(38)39/h2-18,27-29H,1H3/t27?,28-,29+,32?/m0/s1. The molecule has 2 amide bonds. The zero-order valence-corrected chi connectivity index (χ0v) is 21.0. The molecule has 0 radical (unpaired) electrons. The Labute approximate surface area is 224 Å². The van der Waals surface area contributed by atoms with Crippen LogP contribution in [-0.4, -0.2) is 23.0 Å². The molecule has 8 rings (SSSR count). The summed E-state index contributed by atoms with van der Waals surface area (Å²) >= 11 is 0. The van der Waals surface area contributed by atoms with Gasteiger partial charge in [0.1, 0.15) is 5.69 Å². The third-order valence-corrected chi connectivity index (χ3v) is 8.42. The fraction of sp³-hybridized carbons (Fsp3) is 0.156. The predicted octanol–water partition coefficient (Wildman–Crippen LogP) is 5.86. The summed E-state index contributed by atoms with van der Waals surface area (Å²) in [5.74, 6) is -2.72. The molecule has 7 nitrogen and oxygen atoms in total. The van der Waals surface area contributed by atoms with Crippen LogP contribution in [0.2, 0.25) is 0 Å². The predicted molar refractivity (Wildman–Crippen MR) is 147 cm³/mol. The average Bonchev–Trinajstić information content (AvgIpc) is 3.22. The minimum atomic E-state index is -1.03. The fourth-order valence-electron chi connectivity index (χ4n) is 6.98. The number of rotatable bonds is 4. The second-order valence-corrected chi connectivity index (χ2v) is 10.4. The van der Waals surface area contributed by atoms with Gasteiger partial charge in [0.15, 0.2) is 0 Å². The van der Waals surface area contributed by atoms with Crippen molar-refractivity contribution in [2.75, 3.05) is 4.90 Å². The van der Waals surface area contributed by atoms with Gasteiger partial charge in [-0.1, -0.05) is 72.8 Å². The molecule has 7 heteroatoms. The first-order chi connectivity index (χ1) is 18.9. The molecule has 0 N–H and O–H groups in total. The second-order valence-electron chi connectivity index (χ2n) is 10.4. The number of carbonyl (C=O) groups is 2. The molecule has 1 saturated heterocycles. The number of hydrogen-bond acceptors (Lipinski definition) is 5. The van der Waals surface area contributed by atoms with E-state index in [0.29, 0.717) is 0 Å². The van der Waals surface area contributed by atoms with Gasteiger partial charge in [-0.2, -0.15) is 0 Å². The highest BCUT2D eigenvalue weighted by Gasteiger charge is 2.68. The van der Waals surface area contributed by atoms with Crippen LogP contribution >= 0.6 is 0 Å². The molecule has 0 saturated carbocycles. The number of hydrogen-bond donors (Lipinski definition) is 0.